The lowest BCUT2D eigenvalue weighted by Crippen LogP contribution is -2.52. The summed E-state index contributed by atoms with van der Waals surface area (Å²) in [6, 6.07) is 0. The quantitative estimate of drug-likeness (QED) is 0.282. The Morgan fingerprint density at radius 3 is 2.64 bits per heavy atom. The van der Waals surface area contributed by atoms with E-state index in [1.165, 1.54) is 19.8 Å². The van der Waals surface area contributed by atoms with E-state index >= 15 is 0 Å². The first-order valence-corrected chi connectivity index (χ1v) is 15.9. The lowest BCUT2D eigenvalue weighted by Gasteiger charge is -2.58. The number of carbonyl (C=O) groups is 2. The van der Waals surface area contributed by atoms with Crippen LogP contribution in [0.3, 0.4) is 0 Å². The first-order chi connectivity index (χ1) is 18.4. The van der Waals surface area contributed by atoms with Crippen molar-refractivity contribution in [2.75, 3.05) is 13.2 Å². The van der Waals surface area contributed by atoms with Crippen LogP contribution in [0.5, 0.6) is 0 Å². The number of fused-ring (bicyclic) bond motifs is 7. The van der Waals surface area contributed by atoms with Crippen molar-refractivity contribution in [2.24, 2.45) is 46.3 Å². The van der Waals surface area contributed by atoms with Crippen molar-refractivity contribution in [2.45, 2.75) is 124 Å². The fourth-order valence-electron chi connectivity index (χ4n) is 10.3. The summed E-state index contributed by atoms with van der Waals surface area (Å²) in [5, 5.41) is 2.97. The number of carbonyl (C=O) groups excluding carboxylic acids is 2. The molecule has 220 valence electrons. The van der Waals surface area contributed by atoms with Gasteiger partial charge in [0, 0.05) is 45.8 Å². The van der Waals surface area contributed by atoms with E-state index < -0.39 is 5.79 Å². The SMILES string of the molecule is CCO[C@]1(CC[C@H](C)CNC(C)=O)O[C@@H]2C[C@@H]3[C@@H]4CC=C5C[C@H](OC(C)=O)CC[C@]5(C)[C@@H]4CC[C@]3(C)[C@H]2[C@H]1C. The standard InChI is InChI=1S/C33H53NO5/c1-8-37-33(16-11-20(2)19-34-22(4)35)21(3)30-29(39-33)18-28-26-10-9-24-17-25(38-23(5)36)12-14-31(24,6)27(26)13-15-32(28,30)7/h9,20-21,25-30H,8,10-19H2,1-7H3,(H,34,35)/t20-,21+,25+,26+,27+,28+,29+,30-,31-,32-,33+/m0/s1. The highest BCUT2D eigenvalue weighted by atomic mass is 16.7. The summed E-state index contributed by atoms with van der Waals surface area (Å²) in [7, 11) is 0. The van der Waals surface area contributed by atoms with Crippen LogP contribution in [-0.2, 0) is 23.8 Å². The second-order valence-electron chi connectivity index (χ2n) is 14.3. The Bertz CT molecular complexity index is 979. The van der Waals surface area contributed by atoms with Crippen molar-refractivity contribution in [1.29, 1.82) is 0 Å². The molecule has 5 rings (SSSR count). The van der Waals surface area contributed by atoms with Gasteiger partial charge in [-0.05, 0) is 92.3 Å². The van der Waals surface area contributed by atoms with Gasteiger partial charge in [-0.3, -0.25) is 9.59 Å². The molecule has 5 aliphatic rings. The minimum Gasteiger partial charge on any atom is -0.462 e. The Morgan fingerprint density at radius 2 is 1.95 bits per heavy atom. The van der Waals surface area contributed by atoms with Crippen LogP contribution in [0.1, 0.15) is 106 Å². The zero-order chi connectivity index (χ0) is 28.2. The van der Waals surface area contributed by atoms with Crippen LogP contribution in [0.2, 0.25) is 0 Å². The topological polar surface area (TPSA) is 73.9 Å². The van der Waals surface area contributed by atoms with Gasteiger partial charge in [0.25, 0.3) is 0 Å². The largest absolute Gasteiger partial charge is 0.462 e. The predicted octanol–water partition coefficient (Wildman–Crippen LogP) is 6.43. The third-order valence-electron chi connectivity index (χ3n) is 12.1. The van der Waals surface area contributed by atoms with E-state index in [0.717, 1.165) is 44.9 Å². The third kappa shape index (κ3) is 5.00. The number of hydrogen-bond acceptors (Lipinski definition) is 5. The highest BCUT2D eigenvalue weighted by molar-refractivity contribution is 5.72. The van der Waals surface area contributed by atoms with Gasteiger partial charge in [-0.2, -0.15) is 0 Å². The van der Waals surface area contributed by atoms with Crippen LogP contribution < -0.4 is 5.32 Å². The van der Waals surface area contributed by atoms with Crippen LogP contribution in [0, 0.1) is 46.3 Å². The smallest absolute Gasteiger partial charge is 0.302 e. The van der Waals surface area contributed by atoms with E-state index in [-0.39, 0.29) is 34.9 Å². The number of amides is 1. The fourth-order valence-corrected chi connectivity index (χ4v) is 10.3. The molecule has 1 amide bonds. The molecule has 4 aliphatic carbocycles. The molecule has 0 aromatic carbocycles. The van der Waals surface area contributed by atoms with Crippen LogP contribution in [0.4, 0.5) is 0 Å². The minimum atomic E-state index is -0.514. The number of allylic oxidation sites excluding steroid dienone is 1. The average molecular weight is 544 g/mol. The molecule has 6 nitrogen and oxygen atoms in total. The maximum Gasteiger partial charge on any atom is 0.302 e. The molecule has 3 saturated carbocycles. The third-order valence-corrected chi connectivity index (χ3v) is 12.1. The lowest BCUT2D eigenvalue weighted by molar-refractivity contribution is -0.250. The summed E-state index contributed by atoms with van der Waals surface area (Å²) in [4.78, 5) is 23.0. The summed E-state index contributed by atoms with van der Waals surface area (Å²) >= 11 is 0. The van der Waals surface area contributed by atoms with E-state index in [4.69, 9.17) is 14.2 Å². The molecule has 1 N–H and O–H groups in total. The molecule has 0 bridgehead atoms. The number of ether oxygens (including phenoxy) is 3. The van der Waals surface area contributed by atoms with Gasteiger partial charge in [-0.1, -0.05) is 39.3 Å². The molecule has 1 heterocycles. The zero-order valence-electron chi connectivity index (χ0n) is 25.5. The number of hydrogen-bond donors (Lipinski definition) is 1. The Kier molecular flexibility index (Phi) is 8.04. The first-order valence-electron chi connectivity index (χ1n) is 15.9. The molecule has 1 saturated heterocycles. The fraction of sp³-hybridized carbons (Fsp3) is 0.879. The van der Waals surface area contributed by atoms with Gasteiger partial charge >= 0.3 is 5.97 Å². The van der Waals surface area contributed by atoms with Crippen molar-refractivity contribution >= 4 is 11.9 Å². The maximum absolute atomic E-state index is 11.6. The molecule has 0 radical (unpaired) electrons. The Balaban J connectivity index is 1.31. The van der Waals surface area contributed by atoms with Gasteiger partial charge in [0.15, 0.2) is 5.79 Å². The molecule has 1 aliphatic heterocycles. The zero-order valence-corrected chi connectivity index (χ0v) is 25.5. The van der Waals surface area contributed by atoms with Crippen molar-refractivity contribution in [3.05, 3.63) is 11.6 Å². The molecule has 0 aromatic heterocycles. The second kappa shape index (κ2) is 10.8. The van der Waals surface area contributed by atoms with Crippen LogP contribution in [0.15, 0.2) is 11.6 Å². The maximum atomic E-state index is 11.6. The number of nitrogens with one attached hydrogen (secondary N) is 1. The van der Waals surface area contributed by atoms with Crippen molar-refractivity contribution < 1.29 is 23.8 Å². The lowest BCUT2D eigenvalue weighted by atomic mass is 9.47. The number of esters is 1. The molecule has 0 spiro atoms. The van der Waals surface area contributed by atoms with Crippen molar-refractivity contribution in [3.63, 3.8) is 0 Å². The molecule has 11 atom stereocenters. The van der Waals surface area contributed by atoms with E-state index in [1.54, 1.807) is 12.5 Å². The van der Waals surface area contributed by atoms with E-state index in [2.05, 4.69) is 46.0 Å². The molecule has 4 fully saturated rings. The van der Waals surface area contributed by atoms with E-state index in [0.29, 0.717) is 48.7 Å². The highest BCUT2D eigenvalue weighted by Gasteiger charge is 2.68. The molecule has 0 aromatic rings. The van der Waals surface area contributed by atoms with Gasteiger partial charge in [0.2, 0.25) is 5.91 Å². The normalized spacial score (nSPS) is 45.3. The summed E-state index contributed by atoms with van der Waals surface area (Å²) in [6.07, 6.45) is 12.6. The second-order valence-corrected chi connectivity index (χ2v) is 14.3. The van der Waals surface area contributed by atoms with E-state index in [9.17, 15) is 9.59 Å². The van der Waals surface area contributed by atoms with Gasteiger partial charge in [-0.25, -0.2) is 0 Å². The Hall–Kier alpha value is -1.40. The van der Waals surface area contributed by atoms with E-state index in [1.807, 2.05) is 0 Å². The first kappa shape index (κ1) is 29.1. The van der Waals surface area contributed by atoms with Crippen molar-refractivity contribution in [3.8, 4) is 0 Å². The molecular weight excluding hydrogens is 490 g/mol. The van der Waals surface area contributed by atoms with Gasteiger partial charge in [0.1, 0.15) is 6.10 Å². The van der Waals surface area contributed by atoms with Crippen LogP contribution >= 0.6 is 0 Å². The molecule has 0 unspecified atom stereocenters. The van der Waals surface area contributed by atoms with Crippen LogP contribution in [0.25, 0.3) is 0 Å². The molecule has 6 heteroatoms. The highest BCUT2D eigenvalue weighted by Crippen LogP contribution is 2.70. The Labute approximate surface area is 236 Å². The molecule has 39 heavy (non-hydrogen) atoms. The monoisotopic (exact) mass is 543 g/mol. The molecular formula is C33H53NO5. The van der Waals surface area contributed by atoms with Gasteiger partial charge in [0.05, 0.1) is 6.10 Å². The van der Waals surface area contributed by atoms with Gasteiger partial charge in [-0.15, -0.1) is 0 Å². The summed E-state index contributed by atoms with van der Waals surface area (Å²) < 4.78 is 19.2. The summed E-state index contributed by atoms with van der Waals surface area (Å²) in [5.41, 5.74) is 2.07. The van der Waals surface area contributed by atoms with Crippen LogP contribution in [-0.4, -0.2) is 43.0 Å². The summed E-state index contributed by atoms with van der Waals surface area (Å²) in [5.74, 6) is 2.76. The summed E-state index contributed by atoms with van der Waals surface area (Å²) in [6.45, 7) is 16.3. The average Bonchev–Trinajstić information content (AvgIpc) is 3.32. The minimum absolute atomic E-state index is 0.0342. The number of rotatable bonds is 8. The van der Waals surface area contributed by atoms with Gasteiger partial charge < -0.3 is 19.5 Å². The Morgan fingerprint density at radius 1 is 1.18 bits per heavy atom. The van der Waals surface area contributed by atoms with Crippen molar-refractivity contribution in [1.82, 2.24) is 5.32 Å². The predicted molar refractivity (Wildman–Crippen MR) is 152 cm³/mol.